The van der Waals surface area contributed by atoms with Gasteiger partial charge < -0.3 is 14.9 Å². The van der Waals surface area contributed by atoms with Crippen LogP contribution in [0.15, 0.2) is 82.3 Å². The van der Waals surface area contributed by atoms with Crippen molar-refractivity contribution >= 4 is 28.9 Å². The second-order valence-electron chi connectivity index (χ2n) is 7.85. The predicted molar refractivity (Wildman–Crippen MR) is 128 cm³/mol. The topological polar surface area (TPSA) is 87.7 Å². The molecular weight excluding hydrogens is 438 g/mol. The molecule has 5 rings (SSSR count). The number of amides is 1. The third-order valence-corrected chi connectivity index (χ3v) is 5.83. The second kappa shape index (κ2) is 8.56. The lowest BCUT2D eigenvalue weighted by molar-refractivity contribution is -0.116. The number of aryl methyl sites for hydroxylation is 1. The number of aromatic hydroxyl groups is 1. The molecule has 7 heteroatoms. The Kier molecular flexibility index (Phi) is 5.44. The van der Waals surface area contributed by atoms with Crippen LogP contribution in [0.5, 0.6) is 5.75 Å². The average molecular weight is 458 g/mol. The first-order chi connectivity index (χ1) is 16.0. The number of benzene rings is 3. The maximum absolute atomic E-state index is 12.9. The van der Waals surface area contributed by atoms with E-state index in [2.05, 4.69) is 10.5 Å². The highest BCUT2D eigenvalue weighted by atomic mass is 35.5. The van der Waals surface area contributed by atoms with E-state index in [4.69, 9.17) is 21.1 Å². The number of hydrogen-bond donors (Lipinski definition) is 2. The van der Waals surface area contributed by atoms with Gasteiger partial charge in [-0.2, -0.15) is 0 Å². The molecule has 164 valence electrons. The van der Waals surface area contributed by atoms with Crippen LogP contribution in [0.3, 0.4) is 0 Å². The van der Waals surface area contributed by atoms with E-state index in [1.807, 2.05) is 55.5 Å². The maximum Gasteiger partial charge on any atom is 0.227 e. The quantitative estimate of drug-likeness (QED) is 0.372. The van der Waals surface area contributed by atoms with Crippen LogP contribution < -0.4 is 5.32 Å². The van der Waals surface area contributed by atoms with Crippen LogP contribution in [0.25, 0.3) is 11.1 Å². The molecule has 0 unspecified atom stereocenters. The number of nitrogens with zero attached hydrogens (tertiary/aromatic N) is 2. The van der Waals surface area contributed by atoms with Crippen molar-refractivity contribution in [3.63, 3.8) is 0 Å². The molecular formula is C26H20ClN3O3. The molecule has 1 aliphatic heterocycles. The molecule has 0 radical (unpaired) electrons. The van der Waals surface area contributed by atoms with Crippen molar-refractivity contribution < 1.29 is 14.4 Å². The average Bonchev–Trinajstić information content (AvgIpc) is 3.13. The summed E-state index contributed by atoms with van der Waals surface area (Å²) in [7, 11) is 0. The summed E-state index contributed by atoms with van der Waals surface area (Å²) in [5.74, 6) is 0.467. The Bertz CT molecular complexity index is 1360. The summed E-state index contributed by atoms with van der Waals surface area (Å²) in [5.41, 5.74) is 5.75. The first kappa shape index (κ1) is 21.0. The van der Waals surface area contributed by atoms with Crippen LogP contribution in [-0.4, -0.2) is 21.9 Å². The molecule has 0 fully saturated rings. The van der Waals surface area contributed by atoms with Gasteiger partial charge in [-0.05, 0) is 48.9 Å². The van der Waals surface area contributed by atoms with Gasteiger partial charge in [0.05, 0.1) is 23.4 Å². The zero-order valence-corrected chi connectivity index (χ0v) is 18.5. The summed E-state index contributed by atoms with van der Waals surface area (Å²) in [5, 5.41) is 17.2. The number of hydrogen-bond acceptors (Lipinski definition) is 5. The van der Waals surface area contributed by atoms with Crippen molar-refractivity contribution in [1.29, 1.82) is 0 Å². The number of fused-ring (bicyclic) bond motifs is 3. The molecule has 0 saturated carbocycles. The fourth-order valence-corrected chi connectivity index (χ4v) is 4.17. The second-order valence-corrected chi connectivity index (χ2v) is 8.29. The van der Waals surface area contributed by atoms with Crippen LogP contribution in [-0.2, 0) is 4.79 Å². The van der Waals surface area contributed by atoms with Crippen LogP contribution in [0.2, 0.25) is 5.02 Å². The number of aromatic nitrogens is 1. The standard InChI is InChI=1S/C26H20ClN3O3/c1-15-24-20-4-2-3-5-21(20)25(16-6-8-17(27)9-7-16)29-22(26(24)33-30-15)14-23(32)28-18-10-12-19(31)13-11-18/h2-13,22,31H,14H2,1H3,(H,28,32)/t22-/m0/s1. The van der Waals surface area contributed by atoms with E-state index in [0.717, 1.165) is 33.7 Å². The molecule has 33 heavy (non-hydrogen) atoms. The normalized spacial score (nSPS) is 14.6. The van der Waals surface area contributed by atoms with Gasteiger partial charge in [0.15, 0.2) is 5.76 Å². The molecule has 2 N–H and O–H groups in total. The smallest absolute Gasteiger partial charge is 0.227 e. The molecule has 0 bridgehead atoms. The third-order valence-electron chi connectivity index (χ3n) is 5.58. The Balaban J connectivity index is 1.58. The molecule has 4 aromatic rings. The van der Waals surface area contributed by atoms with Gasteiger partial charge in [0.25, 0.3) is 0 Å². The lowest BCUT2D eigenvalue weighted by Gasteiger charge is -2.12. The van der Waals surface area contributed by atoms with Crippen molar-refractivity contribution in [3.05, 3.63) is 100 Å². The van der Waals surface area contributed by atoms with Gasteiger partial charge in [0, 0.05) is 21.8 Å². The predicted octanol–water partition coefficient (Wildman–Crippen LogP) is 5.93. The van der Waals surface area contributed by atoms with Gasteiger partial charge in [-0.3, -0.25) is 9.79 Å². The summed E-state index contributed by atoms with van der Waals surface area (Å²) in [4.78, 5) is 17.9. The van der Waals surface area contributed by atoms with Gasteiger partial charge in [-0.25, -0.2) is 0 Å². The number of carbonyl (C=O) groups excluding carboxylic acids is 1. The van der Waals surface area contributed by atoms with Crippen LogP contribution in [0.1, 0.15) is 35.0 Å². The van der Waals surface area contributed by atoms with Crippen LogP contribution in [0, 0.1) is 6.92 Å². The number of aliphatic imine (C=N–C) groups is 1. The van der Waals surface area contributed by atoms with Crippen molar-refractivity contribution in [2.45, 2.75) is 19.4 Å². The Morgan fingerprint density at radius 3 is 2.45 bits per heavy atom. The molecule has 3 aromatic carbocycles. The largest absolute Gasteiger partial charge is 0.508 e. The molecule has 1 aliphatic rings. The third kappa shape index (κ3) is 4.13. The highest BCUT2D eigenvalue weighted by Gasteiger charge is 2.31. The number of halogens is 1. The lowest BCUT2D eigenvalue weighted by atomic mass is 9.93. The zero-order chi connectivity index (χ0) is 22.9. The lowest BCUT2D eigenvalue weighted by Crippen LogP contribution is -2.15. The summed E-state index contributed by atoms with van der Waals surface area (Å²) in [6.45, 7) is 1.89. The number of phenolic OH excluding ortho intramolecular Hbond substituents is 1. The van der Waals surface area contributed by atoms with Crippen LogP contribution in [0.4, 0.5) is 5.69 Å². The highest BCUT2D eigenvalue weighted by Crippen LogP contribution is 2.40. The highest BCUT2D eigenvalue weighted by molar-refractivity contribution is 6.30. The molecule has 0 aliphatic carbocycles. The van der Waals surface area contributed by atoms with E-state index in [0.29, 0.717) is 16.5 Å². The number of rotatable bonds is 4. The van der Waals surface area contributed by atoms with Gasteiger partial charge in [0.1, 0.15) is 11.8 Å². The van der Waals surface area contributed by atoms with Gasteiger partial charge in [-0.15, -0.1) is 0 Å². The van der Waals surface area contributed by atoms with E-state index < -0.39 is 6.04 Å². The minimum absolute atomic E-state index is 0.0631. The van der Waals surface area contributed by atoms with Gasteiger partial charge in [0.2, 0.25) is 5.91 Å². The molecule has 1 atom stereocenters. The Morgan fingerprint density at radius 1 is 1.03 bits per heavy atom. The Labute approximate surface area is 195 Å². The Morgan fingerprint density at radius 2 is 1.73 bits per heavy atom. The number of carbonyl (C=O) groups is 1. The monoisotopic (exact) mass is 457 g/mol. The van der Waals surface area contributed by atoms with E-state index in [9.17, 15) is 9.90 Å². The number of anilines is 1. The summed E-state index contributed by atoms with van der Waals surface area (Å²) in [6, 6.07) is 21.2. The number of phenols is 1. The number of nitrogens with one attached hydrogen (secondary N) is 1. The minimum Gasteiger partial charge on any atom is -0.508 e. The van der Waals surface area contributed by atoms with Gasteiger partial charge >= 0.3 is 0 Å². The fraction of sp³-hybridized carbons (Fsp3) is 0.115. The molecule has 1 aromatic heterocycles. The van der Waals surface area contributed by atoms with Crippen molar-refractivity contribution in [2.75, 3.05) is 5.32 Å². The van der Waals surface area contributed by atoms with Crippen molar-refractivity contribution in [1.82, 2.24) is 5.16 Å². The summed E-state index contributed by atoms with van der Waals surface area (Å²) >= 11 is 6.11. The van der Waals surface area contributed by atoms with Crippen molar-refractivity contribution in [2.24, 2.45) is 4.99 Å². The van der Waals surface area contributed by atoms with Gasteiger partial charge in [-0.1, -0.05) is 53.2 Å². The van der Waals surface area contributed by atoms with E-state index in [1.54, 1.807) is 12.1 Å². The van der Waals surface area contributed by atoms with E-state index >= 15 is 0 Å². The SMILES string of the molecule is Cc1noc2c1-c1ccccc1C(c1ccc(Cl)cc1)=N[C@H]2CC(=O)Nc1ccc(O)cc1. The van der Waals surface area contributed by atoms with Crippen molar-refractivity contribution in [3.8, 4) is 16.9 Å². The zero-order valence-electron chi connectivity index (χ0n) is 17.7. The minimum atomic E-state index is -0.573. The molecule has 6 nitrogen and oxygen atoms in total. The fourth-order valence-electron chi connectivity index (χ4n) is 4.04. The first-order valence-corrected chi connectivity index (χ1v) is 10.9. The maximum atomic E-state index is 12.9. The molecule has 1 amide bonds. The Hall–Kier alpha value is -3.90. The molecule has 2 heterocycles. The first-order valence-electron chi connectivity index (χ1n) is 10.5. The van der Waals surface area contributed by atoms with E-state index in [1.165, 1.54) is 12.1 Å². The molecule has 0 spiro atoms. The summed E-state index contributed by atoms with van der Waals surface area (Å²) in [6.07, 6.45) is 0.0631. The molecule has 0 saturated heterocycles. The van der Waals surface area contributed by atoms with Crippen LogP contribution >= 0.6 is 11.6 Å². The summed E-state index contributed by atoms with van der Waals surface area (Å²) < 4.78 is 5.72. The van der Waals surface area contributed by atoms with E-state index in [-0.39, 0.29) is 18.1 Å².